The van der Waals surface area contributed by atoms with Crippen molar-refractivity contribution in [2.45, 2.75) is 61.3 Å². The normalized spacial score (nSPS) is 9.80. The van der Waals surface area contributed by atoms with Crippen LogP contribution in [0.5, 0.6) is 0 Å². The van der Waals surface area contributed by atoms with Gasteiger partial charge in [-0.25, -0.2) is 0 Å². The number of aryl methyl sites for hydroxylation is 2. The van der Waals surface area contributed by atoms with Gasteiger partial charge in [0.15, 0.2) is 0 Å². The number of benzene rings is 1. The summed E-state index contributed by atoms with van der Waals surface area (Å²) in [5.41, 5.74) is 4.47. The second-order valence-corrected chi connectivity index (χ2v) is 4.55. The molecule has 0 atom stereocenters. The standard InChI is InChI=1S/C12H18.C2H6.CH4/c1-9-6-7-11(8-10(9)2)12(3,4)5;1-2;/h6-8H,1-5H3;1-2H3;1H4. The molecule has 1 aromatic carbocycles. The minimum Gasteiger partial charge on any atom is -0.0776 e. The van der Waals surface area contributed by atoms with Crippen molar-refractivity contribution in [1.29, 1.82) is 0 Å². The molecule has 0 aliphatic rings. The molecule has 0 N–H and O–H groups in total. The highest BCUT2D eigenvalue weighted by Gasteiger charge is 2.13. The van der Waals surface area contributed by atoms with Crippen molar-refractivity contribution >= 4 is 0 Å². The molecule has 0 fully saturated rings. The monoisotopic (exact) mass is 208 g/mol. The SMILES string of the molecule is C.CC.Cc1ccc(C(C)(C)C)cc1C. The lowest BCUT2D eigenvalue weighted by Gasteiger charge is -2.19. The smallest absolute Gasteiger partial charge is 0.0132 e. The summed E-state index contributed by atoms with van der Waals surface area (Å²) in [6, 6.07) is 6.72. The highest BCUT2D eigenvalue weighted by Crippen LogP contribution is 2.23. The number of hydrogen-bond donors (Lipinski definition) is 0. The molecule has 0 aliphatic heterocycles. The molecular formula is C15H28. The summed E-state index contributed by atoms with van der Waals surface area (Å²) in [7, 11) is 0. The molecule has 15 heavy (non-hydrogen) atoms. The fraction of sp³-hybridized carbons (Fsp3) is 0.600. The van der Waals surface area contributed by atoms with Crippen molar-refractivity contribution in [3.8, 4) is 0 Å². The van der Waals surface area contributed by atoms with Crippen LogP contribution < -0.4 is 0 Å². The topological polar surface area (TPSA) is 0 Å². The maximum absolute atomic E-state index is 2.29. The van der Waals surface area contributed by atoms with E-state index in [4.69, 9.17) is 0 Å². The van der Waals surface area contributed by atoms with Crippen LogP contribution in [0.4, 0.5) is 0 Å². The summed E-state index contributed by atoms with van der Waals surface area (Å²) in [6.45, 7) is 15.1. The van der Waals surface area contributed by atoms with Gasteiger partial charge in [-0.1, -0.05) is 60.2 Å². The average Bonchev–Trinajstić information content (AvgIpc) is 2.11. The Morgan fingerprint density at radius 1 is 0.867 bits per heavy atom. The van der Waals surface area contributed by atoms with E-state index in [2.05, 4.69) is 52.8 Å². The fourth-order valence-corrected chi connectivity index (χ4v) is 1.21. The molecule has 0 saturated heterocycles. The minimum absolute atomic E-state index is 0. The lowest BCUT2D eigenvalue weighted by molar-refractivity contribution is 0.589. The van der Waals surface area contributed by atoms with Crippen molar-refractivity contribution in [2.24, 2.45) is 0 Å². The van der Waals surface area contributed by atoms with Gasteiger partial charge < -0.3 is 0 Å². The Kier molecular flexibility index (Phi) is 7.39. The predicted molar refractivity (Wildman–Crippen MR) is 72.7 cm³/mol. The largest absolute Gasteiger partial charge is 0.0776 e. The summed E-state index contributed by atoms with van der Waals surface area (Å²) in [4.78, 5) is 0. The molecule has 88 valence electrons. The van der Waals surface area contributed by atoms with Gasteiger partial charge in [-0.3, -0.25) is 0 Å². The van der Waals surface area contributed by atoms with Crippen LogP contribution in [0, 0.1) is 13.8 Å². The van der Waals surface area contributed by atoms with Crippen LogP contribution >= 0.6 is 0 Å². The quantitative estimate of drug-likeness (QED) is 0.545. The van der Waals surface area contributed by atoms with Gasteiger partial charge in [0.1, 0.15) is 0 Å². The van der Waals surface area contributed by atoms with E-state index in [-0.39, 0.29) is 12.8 Å². The maximum Gasteiger partial charge on any atom is -0.0132 e. The zero-order valence-corrected chi connectivity index (χ0v) is 10.7. The zero-order chi connectivity index (χ0) is 11.4. The molecule has 0 unspecified atom stereocenters. The molecular weight excluding hydrogens is 180 g/mol. The molecule has 0 heteroatoms. The van der Waals surface area contributed by atoms with Crippen molar-refractivity contribution < 1.29 is 0 Å². The molecule has 0 radical (unpaired) electrons. The van der Waals surface area contributed by atoms with E-state index in [1.54, 1.807) is 0 Å². The lowest BCUT2D eigenvalue weighted by atomic mass is 9.85. The van der Waals surface area contributed by atoms with E-state index >= 15 is 0 Å². The van der Waals surface area contributed by atoms with Crippen LogP contribution in [-0.4, -0.2) is 0 Å². The molecule has 0 spiro atoms. The van der Waals surface area contributed by atoms with Crippen LogP contribution in [0.3, 0.4) is 0 Å². The third-order valence-electron chi connectivity index (χ3n) is 2.37. The first kappa shape index (κ1) is 16.6. The number of rotatable bonds is 0. The molecule has 1 rings (SSSR count). The molecule has 0 nitrogen and oxygen atoms in total. The zero-order valence-electron chi connectivity index (χ0n) is 10.7. The molecule has 0 bridgehead atoms. The fourth-order valence-electron chi connectivity index (χ4n) is 1.21. The van der Waals surface area contributed by atoms with Crippen molar-refractivity contribution in [3.05, 3.63) is 34.9 Å². The van der Waals surface area contributed by atoms with Gasteiger partial charge in [-0.15, -0.1) is 0 Å². The van der Waals surface area contributed by atoms with E-state index in [0.29, 0.717) is 0 Å². The van der Waals surface area contributed by atoms with Gasteiger partial charge in [0.25, 0.3) is 0 Å². The van der Waals surface area contributed by atoms with Crippen LogP contribution in [0.1, 0.15) is 58.7 Å². The highest BCUT2D eigenvalue weighted by atomic mass is 14.2. The van der Waals surface area contributed by atoms with Crippen molar-refractivity contribution in [3.63, 3.8) is 0 Å². The van der Waals surface area contributed by atoms with E-state index in [1.807, 2.05) is 13.8 Å². The van der Waals surface area contributed by atoms with Crippen LogP contribution in [0.25, 0.3) is 0 Å². The van der Waals surface area contributed by atoms with Gasteiger partial charge in [0, 0.05) is 0 Å². The van der Waals surface area contributed by atoms with Gasteiger partial charge >= 0.3 is 0 Å². The van der Waals surface area contributed by atoms with E-state index in [9.17, 15) is 0 Å². The maximum atomic E-state index is 2.29. The average molecular weight is 208 g/mol. The Labute approximate surface area is 96.7 Å². The van der Waals surface area contributed by atoms with Crippen molar-refractivity contribution in [1.82, 2.24) is 0 Å². The van der Waals surface area contributed by atoms with E-state index in [1.165, 1.54) is 16.7 Å². The molecule has 0 aliphatic carbocycles. The Morgan fingerprint density at radius 3 is 1.67 bits per heavy atom. The summed E-state index contributed by atoms with van der Waals surface area (Å²) in [6.07, 6.45) is 0. The Hall–Kier alpha value is -0.780. The van der Waals surface area contributed by atoms with E-state index < -0.39 is 0 Å². The Balaban J connectivity index is 0. The summed E-state index contributed by atoms with van der Waals surface area (Å²) in [5, 5.41) is 0. The van der Waals surface area contributed by atoms with Gasteiger partial charge in [-0.2, -0.15) is 0 Å². The minimum atomic E-state index is 0. The van der Waals surface area contributed by atoms with Crippen LogP contribution in [-0.2, 0) is 5.41 Å². The summed E-state index contributed by atoms with van der Waals surface area (Å²) >= 11 is 0. The first-order valence-electron chi connectivity index (χ1n) is 5.49. The lowest BCUT2D eigenvalue weighted by Crippen LogP contribution is -2.11. The highest BCUT2D eigenvalue weighted by molar-refractivity contribution is 5.33. The molecule has 0 aromatic heterocycles. The first-order chi connectivity index (χ1) is 6.41. The van der Waals surface area contributed by atoms with Gasteiger partial charge in [0.2, 0.25) is 0 Å². The summed E-state index contributed by atoms with van der Waals surface area (Å²) in [5.74, 6) is 0. The summed E-state index contributed by atoms with van der Waals surface area (Å²) < 4.78 is 0. The second kappa shape index (κ2) is 6.66. The van der Waals surface area contributed by atoms with E-state index in [0.717, 1.165) is 0 Å². The molecule has 0 heterocycles. The predicted octanol–water partition coefficient (Wildman–Crippen LogP) is 5.26. The van der Waals surface area contributed by atoms with Gasteiger partial charge in [-0.05, 0) is 36.0 Å². The van der Waals surface area contributed by atoms with Crippen LogP contribution in [0.2, 0.25) is 0 Å². The second-order valence-electron chi connectivity index (χ2n) is 4.55. The molecule has 1 aromatic rings. The van der Waals surface area contributed by atoms with Crippen molar-refractivity contribution in [2.75, 3.05) is 0 Å². The van der Waals surface area contributed by atoms with Gasteiger partial charge in [0.05, 0.1) is 0 Å². The molecule has 0 saturated carbocycles. The first-order valence-corrected chi connectivity index (χ1v) is 5.49. The third-order valence-corrected chi connectivity index (χ3v) is 2.37. The molecule has 0 amide bonds. The van der Waals surface area contributed by atoms with Crippen LogP contribution in [0.15, 0.2) is 18.2 Å². The number of hydrogen-bond acceptors (Lipinski definition) is 0. The Bertz CT molecular complexity index is 277. The Morgan fingerprint density at radius 2 is 1.33 bits per heavy atom. The third kappa shape index (κ3) is 5.01.